The van der Waals surface area contributed by atoms with Gasteiger partial charge in [0.1, 0.15) is 0 Å². The molecular weight excluding hydrogens is 520 g/mol. The molecule has 1 fully saturated rings. The van der Waals surface area contributed by atoms with Gasteiger partial charge in [0.2, 0.25) is 17.8 Å². The summed E-state index contributed by atoms with van der Waals surface area (Å²) in [5.41, 5.74) is 8.96. The SMILES string of the molecule is Cc1ccc(CNc2nc(Nc3cccc(C(=O)NCCOCCOCCN)c3)nc(NC3CCCCC3)n2)cc1. The summed E-state index contributed by atoms with van der Waals surface area (Å²) in [5, 5.41) is 13.0. The fraction of sp³-hybridized carbons (Fsp3) is 0.467. The number of hydrogen-bond donors (Lipinski definition) is 5. The Bertz CT molecular complexity index is 1220. The van der Waals surface area contributed by atoms with Crippen molar-refractivity contribution in [1.29, 1.82) is 0 Å². The average molecular weight is 563 g/mol. The number of nitrogens with zero attached hydrogens (tertiary/aromatic N) is 3. The van der Waals surface area contributed by atoms with Crippen LogP contribution in [-0.2, 0) is 16.0 Å². The van der Waals surface area contributed by atoms with Crippen LogP contribution in [0.3, 0.4) is 0 Å². The van der Waals surface area contributed by atoms with Gasteiger partial charge in [-0.05, 0) is 43.5 Å². The molecule has 11 heteroatoms. The second-order valence-electron chi connectivity index (χ2n) is 10.1. The number of nitrogens with two attached hydrogens (primary N) is 1. The second kappa shape index (κ2) is 16.5. The zero-order valence-electron chi connectivity index (χ0n) is 23.8. The van der Waals surface area contributed by atoms with Gasteiger partial charge in [0.15, 0.2) is 0 Å². The van der Waals surface area contributed by atoms with E-state index in [4.69, 9.17) is 15.2 Å². The molecule has 1 aromatic heterocycles. The predicted octanol–water partition coefficient (Wildman–Crippen LogP) is 4.00. The first-order chi connectivity index (χ1) is 20.1. The molecule has 1 saturated carbocycles. The number of anilines is 4. The van der Waals surface area contributed by atoms with Gasteiger partial charge in [0.25, 0.3) is 5.91 Å². The van der Waals surface area contributed by atoms with Gasteiger partial charge in [-0.1, -0.05) is 55.2 Å². The van der Waals surface area contributed by atoms with Gasteiger partial charge in [0.05, 0.1) is 26.4 Å². The van der Waals surface area contributed by atoms with Crippen molar-refractivity contribution in [2.24, 2.45) is 5.73 Å². The largest absolute Gasteiger partial charge is 0.378 e. The lowest BCUT2D eigenvalue weighted by atomic mass is 9.96. The van der Waals surface area contributed by atoms with Crippen LogP contribution in [0.15, 0.2) is 48.5 Å². The summed E-state index contributed by atoms with van der Waals surface area (Å²) in [7, 11) is 0. The van der Waals surface area contributed by atoms with E-state index in [-0.39, 0.29) is 5.91 Å². The number of benzene rings is 2. The zero-order chi connectivity index (χ0) is 28.7. The van der Waals surface area contributed by atoms with Crippen molar-refractivity contribution in [1.82, 2.24) is 20.3 Å². The number of nitrogens with one attached hydrogen (secondary N) is 4. The summed E-state index contributed by atoms with van der Waals surface area (Å²) in [6.07, 6.45) is 5.88. The molecule has 0 atom stereocenters. The number of aryl methyl sites for hydroxylation is 1. The smallest absolute Gasteiger partial charge is 0.251 e. The molecule has 0 unspecified atom stereocenters. The van der Waals surface area contributed by atoms with Crippen LogP contribution in [0.1, 0.15) is 53.6 Å². The van der Waals surface area contributed by atoms with Gasteiger partial charge in [-0.15, -0.1) is 0 Å². The lowest BCUT2D eigenvalue weighted by molar-refractivity contribution is 0.0511. The van der Waals surface area contributed by atoms with E-state index in [2.05, 4.69) is 67.4 Å². The average Bonchev–Trinajstić information content (AvgIpc) is 2.99. The minimum Gasteiger partial charge on any atom is -0.378 e. The van der Waals surface area contributed by atoms with Crippen LogP contribution < -0.4 is 27.0 Å². The van der Waals surface area contributed by atoms with E-state index in [0.717, 1.165) is 18.4 Å². The first-order valence-corrected chi connectivity index (χ1v) is 14.4. The molecule has 1 aliphatic carbocycles. The van der Waals surface area contributed by atoms with Crippen LogP contribution in [0.25, 0.3) is 0 Å². The molecular formula is C30H42N8O3. The number of rotatable bonds is 16. The fourth-order valence-corrected chi connectivity index (χ4v) is 4.50. The molecule has 220 valence electrons. The van der Waals surface area contributed by atoms with Crippen molar-refractivity contribution in [2.75, 3.05) is 55.5 Å². The van der Waals surface area contributed by atoms with Crippen LogP contribution >= 0.6 is 0 Å². The third kappa shape index (κ3) is 10.6. The minimum absolute atomic E-state index is 0.188. The maximum atomic E-state index is 12.7. The monoisotopic (exact) mass is 562 g/mol. The zero-order valence-corrected chi connectivity index (χ0v) is 23.8. The van der Waals surface area contributed by atoms with E-state index in [1.807, 2.05) is 12.1 Å². The summed E-state index contributed by atoms with van der Waals surface area (Å²) >= 11 is 0. The summed E-state index contributed by atoms with van der Waals surface area (Å²) in [5.74, 6) is 1.21. The number of ether oxygens (including phenoxy) is 2. The number of aromatic nitrogens is 3. The van der Waals surface area contributed by atoms with E-state index in [1.165, 1.54) is 24.8 Å². The third-order valence-electron chi connectivity index (χ3n) is 6.69. The standard InChI is InChI=1S/C30H42N8O3/c1-22-10-12-23(13-11-22)21-33-28-36-29(34-25-7-3-2-4-8-25)38-30(37-28)35-26-9-5-6-24(20-26)27(39)32-15-17-41-19-18-40-16-14-31/h5-6,9-13,20,25H,2-4,7-8,14-19,21,31H2,1H3,(H,32,39)(H3,33,34,35,36,37,38). The van der Waals surface area contributed by atoms with Crippen molar-refractivity contribution in [3.63, 3.8) is 0 Å². The Kier molecular flexibility index (Phi) is 12.1. The molecule has 11 nitrogen and oxygen atoms in total. The minimum atomic E-state index is -0.188. The van der Waals surface area contributed by atoms with Crippen LogP contribution in [0.4, 0.5) is 23.5 Å². The van der Waals surface area contributed by atoms with E-state index in [1.54, 1.807) is 12.1 Å². The highest BCUT2D eigenvalue weighted by atomic mass is 16.5. The second-order valence-corrected chi connectivity index (χ2v) is 10.1. The molecule has 41 heavy (non-hydrogen) atoms. The normalized spacial score (nSPS) is 13.5. The van der Waals surface area contributed by atoms with Gasteiger partial charge in [-0.3, -0.25) is 4.79 Å². The number of carbonyl (C=O) groups excluding carboxylic acids is 1. The van der Waals surface area contributed by atoms with Crippen LogP contribution in [0, 0.1) is 6.92 Å². The lowest BCUT2D eigenvalue weighted by Crippen LogP contribution is -2.27. The fourth-order valence-electron chi connectivity index (χ4n) is 4.50. The van der Waals surface area contributed by atoms with Gasteiger partial charge < -0.3 is 36.5 Å². The van der Waals surface area contributed by atoms with E-state index < -0.39 is 0 Å². The Balaban J connectivity index is 1.37. The van der Waals surface area contributed by atoms with Crippen molar-refractivity contribution in [3.05, 3.63) is 65.2 Å². The van der Waals surface area contributed by atoms with Gasteiger partial charge in [-0.2, -0.15) is 15.0 Å². The highest BCUT2D eigenvalue weighted by Crippen LogP contribution is 2.22. The van der Waals surface area contributed by atoms with Crippen molar-refractivity contribution in [3.8, 4) is 0 Å². The van der Waals surface area contributed by atoms with Gasteiger partial charge in [-0.25, -0.2) is 0 Å². The van der Waals surface area contributed by atoms with Crippen molar-refractivity contribution < 1.29 is 14.3 Å². The summed E-state index contributed by atoms with van der Waals surface area (Å²) in [4.78, 5) is 26.6. The topological polar surface area (TPSA) is 148 Å². The summed E-state index contributed by atoms with van der Waals surface area (Å²) in [6.45, 7) is 5.40. The quantitative estimate of drug-likeness (QED) is 0.162. The summed E-state index contributed by atoms with van der Waals surface area (Å²) in [6, 6.07) is 15.9. The maximum Gasteiger partial charge on any atom is 0.251 e. The number of hydrogen-bond acceptors (Lipinski definition) is 10. The molecule has 1 heterocycles. The third-order valence-corrected chi connectivity index (χ3v) is 6.69. The Morgan fingerprint density at radius 2 is 1.63 bits per heavy atom. The lowest BCUT2D eigenvalue weighted by Gasteiger charge is -2.23. The summed E-state index contributed by atoms with van der Waals surface area (Å²) < 4.78 is 10.7. The van der Waals surface area contributed by atoms with Gasteiger partial charge >= 0.3 is 0 Å². The van der Waals surface area contributed by atoms with Crippen LogP contribution in [-0.4, -0.2) is 66.4 Å². The molecule has 3 aromatic rings. The Labute approximate surface area is 242 Å². The molecule has 6 N–H and O–H groups in total. The molecule has 0 aliphatic heterocycles. The van der Waals surface area contributed by atoms with E-state index >= 15 is 0 Å². The Morgan fingerprint density at radius 3 is 2.41 bits per heavy atom. The first-order valence-electron chi connectivity index (χ1n) is 14.4. The highest BCUT2D eigenvalue weighted by Gasteiger charge is 2.16. The van der Waals surface area contributed by atoms with E-state index in [9.17, 15) is 4.79 Å². The van der Waals surface area contributed by atoms with Crippen LogP contribution in [0.5, 0.6) is 0 Å². The number of amides is 1. The van der Waals surface area contributed by atoms with E-state index in [0.29, 0.717) is 81.2 Å². The maximum absolute atomic E-state index is 12.7. The Hall–Kier alpha value is -3.80. The molecule has 2 aromatic carbocycles. The molecule has 0 spiro atoms. The highest BCUT2D eigenvalue weighted by molar-refractivity contribution is 5.95. The molecule has 4 rings (SSSR count). The molecule has 0 saturated heterocycles. The number of carbonyl (C=O) groups is 1. The molecule has 0 bridgehead atoms. The predicted molar refractivity (Wildman–Crippen MR) is 162 cm³/mol. The van der Waals surface area contributed by atoms with Gasteiger partial charge in [0, 0.05) is 36.9 Å². The van der Waals surface area contributed by atoms with Crippen LogP contribution in [0.2, 0.25) is 0 Å². The molecule has 1 amide bonds. The van der Waals surface area contributed by atoms with Crippen molar-refractivity contribution in [2.45, 2.75) is 51.6 Å². The van der Waals surface area contributed by atoms with Crippen molar-refractivity contribution >= 4 is 29.4 Å². The first kappa shape index (κ1) is 30.2. The Morgan fingerprint density at radius 1 is 0.902 bits per heavy atom. The molecule has 0 radical (unpaired) electrons. The molecule has 1 aliphatic rings.